The lowest BCUT2D eigenvalue weighted by Gasteiger charge is -2.37. The molecule has 0 radical (unpaired) electrons. The fourth-order valence-electron chi connectivity index (χ4n) is 2.14. The lowest BCUT2D eigenvalue weighted by atomic mass is 9.77. The molecular formula is C10H18OS. The fraction of sp³-hybridized carbons (Fsp3) is 1.00. The first-order valence-electron chi connectivity index (χ1n) is 5.13. The van der Waals surface area contributed by atoms with Crippen molar-refractivity contribution in [3.8, 4) is 0 Å². The molecule has 12 heavy (non-hydrogen) atoms. The third-order valence-corrected chi connectivity index (χ3v) is 4.71. The topological polar surface area (TPSA) is 20.2 Å². The Morgan fingerprint density at radius 2 is 2.17 bits per heavy atom. The van der Waals surface area contributed by atoms with Gasteiger partial charge in [0.05, 0.1) is 5.60 Å². The van der Waals surface area contributed by atoms with Crippen LogP contribution >= 0.6 is 11.8 Å². The van der Waals surface area contributed by atoms with E-state index in [0.717, 1.165) is 24.5 Å². The molecule has 70 valence electrons. The van der Waals surface area contributed by atoms with Gasteiger partial charge in [-0.1, -0.05) is 0 Å². The smallest absolute Gasteiger partial charge is 0.0648 e. The van der Waals surface area contributed by atoms with E-state index >= 15 is 0 Å². The third-order valence-electron chi connectivity index (χ3n) is 3.24. The highest BCUT2D eigenvalue weighted by molar-refractivity contribution is 8.00. The molecule has 2 rings (SSSR count). The highest BCUT2D eigenvalue weighted by Gasteiger charge is 2.34. The molecule has 0 amide bonds. The maximum Gasteiger partial charge on any atom is 0.0648 e. The first kappa shape index (κ1) is 8.89. The second kappa shape index (κ2) is 3.59. The summed E-state index contributed by atoms with van der Waals surface area (Å²) in [4.78, 5) is 0. The summed E-state index contributed by atoms with van der Waals surface area (Å²) in [5.41, 5.74) is -0.233. The number of hydrogen-bond donors (Lipinski definition) is 1. The SMILES string of the molecule is OC1(CCC2CCCS2)CCC1. The maximum atomic E-state index is 9.86. The van der Waals surface area contributed by atoms with Crippen molar-refractivity contribution in [1.29, 1.82) is 0 Å². The van der Waals surface area contributed by atoms with Gasteiger partial charge >= 0.3 is 0 Å². The van der Waals surface area contributed by atoms with Crippen LogP contribution in [0.25, 0.3) is 0 Å². The van der Waals surface area contributed by atoms with Crippen LogP contribution in [0.5, 0.6) is 0 Å². The Morgan fingerprint density at radius 1 is 1.33 bits per heavy atom. The lowest BCUT2D eigenvalue weighted by Crippen LogP contribution is -2.37. The van der Waals surface area contributed by atoms with E-state index < -0.39 is 0 Å². The third kappa shape index (κ3) is 1.97. The Labute approximate surface area is 78.9 Å². The van der Waals surface area contributed by atoms with Gasteiger partial charge in [-0.25, -0.2) is 0 Å². The number of thioether (sulfide) groups is 1. The molecule has 2 aliphatic rings. The Morgan fingerprint density at radius 3 is 2.67 bits per heavy atom. The van der Waals surface area contributed by atoms with Crippen LogP contribution in [0.3, 0.4) is 0 Å². The summed E-state index contributed by atoms with van der Waals surface area (Å²) in [5.74, 6) is 1.35. The summed E-state index contributed by atoms with van der Waals surface area (Å²) in [6.07, 6.45) is 8.46. The minimum Gasteiger partial charge on any atom is -0.390 e. The van der Waals surface area contributed by atoms with Crippen molar-refractivity contribution in [2.24, 2.45) is 0 Å². The second-order valence-electron chi connectivity index (χ2n) is 4.25. The van der Waals surface area contributed by atoms with Crippen LogP contribution < -0.4 is 0 Å². The van der Waals surface area contributed by atoms with Crippen molar-refractivity contribution in [3.63, 3.8) is 0 Å². The molecule has 0 aromatic rings. The van der Waals surface area contributed by atoms with Gasteiger partial charge in [-0.2, -0.15) is 11.8 Å². The molecule has 1 aliphatic carbocycles. The number of rotatable bonds is 3. The van der Waals surface area contributed by atoms with Crippen LogP contribution in [0.2, 0.25) is 0 Å². The Kier molecular flexibility index (Phi) is 2.66. The molecule has 0 spiro atoms. The van der Waals surface area contributed by atoms with Gasteiger partial charge in [0.25, 0.3) is 0 Å². The summed E-state index contributed by atoms with van der Waals surface area (Å²) in [5, 5.41) is 10.7. The second-order valence-corrected chi connectivity index (χ2v) is 5.66. The summed E-state index contributed by atoms with van der Waals surface area (Å²) < 4.78 is 0. The molecule has 2 heteroatoms. The van der Waals surface area contributed by atoms with E-state index in [9.17, 15) is 5.11 Å². The van der Waals surface area contributed by atoms with Gasteiger partial charge in [0.15, 0.2) is 0 Å². The highest BCUT2D eigenvalue weighted by atomic mass is 32.2. The minimum absolute atomic E-state index is 0.233. The van der Waals surface area contributed by atoms with Crippen LogP contribution in [0.1, 0.15) is 44.9 Å². The van der Waals surface area contributed by atoms with E-state index in [-0.39, 0.29) is 5.60 Å². The zero-order valence-electron chi connectivity index (χ0n) is 7.59. The molecular weight excluding hydrogens is 168 g/mol. The molecule has 1 saturated heterocycles. The Balaban J connectivity index is 1.67. The van der Waals surface area contributed by atoms with Crippen molar-refractivity contribution >= 4 is 11.8 Å². The summed E-state index contributed by atoms with van der Waals surface area (Å²) >= 11 is 2.11. The van der Waals surface area contributed by atoms with Gasteiger partial charge in [0.2, 0.25) is 0 Å². The van der Waals surface area contributed by atoms with E-state index in [0.29, 0.717) is 0 Å². The first-order valence-corrected chi connectivity index (χ1v) is 6.17. The molecule has 1 aliphatic heterocycles. The van der Waals surface area contributed by atoms with Crippen LogP contribution in [0, 0.1) is 0 Å². The maximum absolute atomic E-state index is 9.86. The highest BCUT2D eigenvalue weighted by Crippen LogP contribution is 2.39. The van der Waals surface area contributed by atoms with Crippen LogP contribution in [0.4, 0.5) is 0 Å². The Bertz CT molecular complexity index is 148. The average molecular weight is 186 g/mol. The summed E-state index contributed by atoms with van der Waals surface area (Å²) in [6.45, 7) is 0. The van der Waals surface area contributed by atoms with Crippen molar-refractivity contribution in [1.82, 2.24) is 0 Å². The van der Waals surface area contributed by atoms with Gasteiger partial charge in [-0.3, -0.25) is 0 Å². The van der Waals surface area contributed by atoms with Crippen molar-refractivity contribution in [2.45, 2.75) is 55.8 Å². The molecule has 1 unspecified atom stereocenters. The number of hydrogen-bond acceptors (Lipinski definition) is 2. The molecule has 1 N–H and O–H groups in total. The largest absolute Gasteiger partial charge is 0.390 e. The lowest BCUT2D eigenvalue weighted by molar-refractivity contribution is -0.0415. The molecule has 1 nitrogen and oxygen atoms in total. The summed E-state index contributed by atoms with van der Waals surface area (Å²) in [6, 6.07) is 0. The van der Waals surface area contributed by atoms with Crippen molar-refractivity contribution in [2.75, 3.05) is 5.75 Å². The van der Waals surface area contributed by atoms with Gasteiger partial charge in [0, 0.05) is 5.25 Å². The Hall–Kier alpha value is 0.310. The predicted octanol–water partition coefficient (Wildman–Crippen LogP) is 2.58. The molecule has 2 fully saturated rings. The van der Waals surface area contributed by atoms with Crippen molar-refractivity contribution in [3.05, 3.63) is 0 Å². The van der Waals surface area contributed by atoms with Gasteiger partial charge in [-0.05, 0) is 50.7 Å². The van der Waals surface area contributed by atoms with Crippen LogP contribution in [0.15, 0.2) is 0 Å². The first-order chi connectivity index (χ1) is 5.79. The standard InChI is InChI=1S/C10H18OS/c11-10(5-2-6-10)7-4-9-3-1-8-12-9/h9,11H,1-8H2. The predicted molar refractivity (Wildman–Crippen MR) is 53.5 cm³/mol. The average Bonchev–Trinajstić information content (AvgIpc) is 2.49. The van der Waals surface area contributed by atoms with Gasteiger partial charge in [-0.15, -0.1) is 0 Å². The molecule has 1 saturated carbocycles. The van der Waals surface area contributed by atoms with Crippen molar-refractivity contribution < 1.29 is 5.11 Å². The van der Waals surface area contributed by atoms with Gasteiger partial charge < -0.3 is 5.11 Å². The fourth-order valence-corrected chi connectivity index (χ4v) is 3.42. The molecule has 1 heterocycles. The monoisotopic (exact) mass is 186 g/mol. The molecule has 0 bridgehead atoms. The van der Waals surface area contributed by atoms with E-state index in [2.05, 4.69) is 11.8 Å². The molecule has 0 aromatic heterocycles. The molecule has 1 atom stereocenters. The number of aliphatic hydroxyl groups is 1. The quantitative estimate of drug-likeness (QED) is 0.731. The minimum atomic E-state index is -0.233. The van der Waals surface area contributed by atoms with E-state index in [1.54, 1.807) is 0 Å². The zero-order valence-corrected chi connectivity index (χ0v) is 8.41. The normalized spacial score (nSPS) is 33.2. The van der Waals surface area contributed by atoms with E-state index in [1.807, 2.05) is 0 Å². The zero-order chi connectivity index (χ0) is 8.44. The summed E-state index contributed by atoms with van der Waals surface area (Å²) in [7, 11) is 0. The van der Waals surface area contributed by atoms with Crippen LogP contribution in [-0.4, -0.2) is 21.7 Å². The molecule has 0 aromatic carbocycles. The van der Waals surface area contributed by atoms with E-state index in [4.69, 9.17) is 0 Å². The van der Waals surface area contributed by atoms with Crippen LogP contribution in [-0.2, 0) is 0 Å². The van der Waals surface area contributed by atoms with E-state index in [1.165, 1.54) is 31.4 Å². The van der Waals surface area contributed by atoms with Gasteiger partial charge in [0.1, 0.15) is 0 Å².